The van der Waals surface area contributed by atoms with Crippen molar-refractivity contribution in [2.45, 2.75) is 32.1 Å². The SMILES string of the molecule is O=C(O)C(CCCc1ccccc1)CCc1ccc(-c2cccs2)cc1. The summed E-state index contributed by atoms with van der Waals surface area (Å²) in [5.41, 5.74) is 3.71. The van der Waals surface area contributed by atoms with E-state index >= 15 is 0 Å². The molecule has 1 aromatic heterocycles. The summed E-state index contributed by atoms with van der Waals surface area (Å²) < 4.78 is 0. The van der Waals surface area contributed by atoms with Crippen molar-refractivity contribution in [3.63, 3.8) is 0 Å². The third kappa shape index (κ3) is 5.30. The second-order valence-electron chi connectivity index (χ2n) is 6.63. The monoisotopic (exact) mass is 364 g/mol. The Labute approximate surface area is 159 Å². The van der Waals surface area contributed by atoms with E-state index in [1.807, 2.05) is 18.2 Å². The van der Waals surface area contributed by atoms with Crippen molar-refractivity contribution in [1.29, 1.82) is 0 Å². The van der Waals surface area contributed by atoms with E-state index in [0.29, 0.717) is 6.42 Å². The van der Waals surface area contributed by atoms with Crippen LogP contribution in [-0.4, -0.2) is 11.1 Å². The van der Waals surface area contributed by atoms with Crippen molar-refractivity contribution < 1.29 is 9.90 Å². The predicted octanol–water partition coefficient (Wildman–Crippen LogP) is 6.07. The molecule has 0 amide bonds. The van der Waals surface area contributed by atoms with Crippen LogP contribution in [0.5, 0.6) is 0 Å². The number of hydrogen-bond acceptors (Lipinski definition) is 2. The molecule has 0 saturated heterocycles. The maximum Gasteiger partial charge on any atom is 0.306 e. The number of hydrogen-bond donors (Lipinski definition) is 1. The standard InChI is InChI=1S/C23H24O2S/c24-23(25)21(9-4-8-18-6-2-1-3-7-18)16-13-19-11-14-20(15-12-19)22-10-5-17-26-22/h1-3,5-7,10-12,14-15,17,21H,4,8-9,13,16H2,(H,24,25). The molecule has 0 aliphatic carbocycles. The molecule has 0 bridgehead atoms. The zero-order valence-corrected chi connectivity index (χ0v) is 15.6. The van der Waals surface area contributed by atoms with E-state index in [1.165, 1.54) is 21.6 Å². The highest BCUT2D eigenvalue weighted by molar-refractivity contribution is 7.13. The number of carboxylic acids is 1. The normalized spacial score (nSPS) is 12.0. The molecular formula is C23H24O2S. The van der Waals surface area contributed by atoms with Crippen molar-refractivity contribution in [1.82, 2.24) is 0 Å². The van der Waals surface area contributed by atoms with Gasteiger partial charge in [-0.15, -0.1) is 11.3 Å². The van der Waals surface area contributed by atoms with Gasteiger partial charge >= 0.3 is 5.97 Å². The molecule has 3 rings (SSSR count). The summed E-state index contributed by atoms with van der Waals surface area (Å²) in [7, 11) is 0. The van der Waals surface area contributed by atoms with Crippen LogP contribution in [0.4, 0.5) is 0 Å². The summed E-state index contributed by atoms with van der Waals surface area (Å²) in [6.45, 7) is 0. The lowest BCUT2D eigenvalue weighted by molar-refractivity contribution is -0.142. The third-order valence-electron chi connectivity index (χ3n) is 4.75. The van der Waals surface area contributed by atoms with Gasteiger partial charge < -0.3 is 5.11 Å². The van der Waals surface area contributed by atoms with Crippen molar-refractivity contribution in [3.8, 4) is 10.4 Å². The highest BCUT2D eigenvalue weighted by Gasteiger charge is 2.17. The molecule has 1 atom stereocenters. The molecule has 1 unspecified atom stereocenters. The summed E-state index contributed by atoms with van der Waals surface area (Å²) in [5.74, 6) is -0.941. The average Bonchev–Trinajstić information content (AvgIpc) is 3.20. The molecule has 2 aromatic carbocycles. The number of benzene rings is 2. The average molecular weight is 365 g/mol. The first-order valence-corrected chi connectivity index (χ1v) is 10.00. The Morgan fingerprint density at radius 3 is 2.23 bits per heavy atom. The minimum Gasteiger partial charge on any atom is -0.481 e. The van der Waals surface area contributed by atoms with Crippen molar-refractivity contribution in [3.05, 3.63) is 83.2 Å². The van der Waals surface area contributed by atoms with Gasteiger partial charge in [-0.05, 0) is 60.2 Å². The zero-order chi connectivity index (χ0) is 18.2. The van der Waals surface area contributed by atoms with E-state index in [9.17, 15) is 9.90 Å². The van der Waals surface area contributed by atoms with Gasteiger partial charge in [0.1, 0.15) is 0 Å². The van der Waals surface area contributed by atoms with E-state index in [-0.39, 0.29) is 5.92 Å². The molecule has 26 heavy (non-hydrogen) atoms. The Bertz CT molecular complexity index is 792. The van der Waals surface area contributed by atoms with Gasteiger partial charge in [0.25, 0.3) is 0 Å². The molecule has 0 aliphatic rings. The molecule has 1 heterocycles. The van der Waals surface area contributed by atoms with Crippen LogP contribution >= 0.6 is 11.3 Å². The Morgan fingerprint density at radius 2 is 1.58 bits per heavy atom. The fourth-order valence-corrected chi connectivity index (χ4v) is 3.94. The smallest absolute Gasteiger partial charge is 0.306 e. The van der Waals surface area contributed by atoms with Crippen molar-refractivity contribution in [2.24, 2.45) is 5.92 Å². The van der Waals surface area contributed by atoms with Gasteiger partial charge in [0.2, 0.25) is 0 Å². The Hall–Kier alpha value is -2.39. The van der Waals surface area contributed by atoms with Gasteiger partial charge in [-0.25, -0.2) is 0 Å². The fraction of sp³-hybridized carbons (Fsp3) is 0.261. The minimum atomic E-state index is -0.673. The highest BCUT2D eigenvalue weighted by Crippen LogP contribution is 2.25. The molecule has 0 spiro atoms. The van der Waals surface area contributed by atoms with E-state index in [4.69, 9.17) is 0 Å². The zero-order valence-electron chi connectivity index (χ0n) is 14.8. The number of carboxylic acid groups (broad SMARTS) is 1. The number of aliphatic carboxylic acids is 1. The first-order valence-electron chi connectivity index (χ1n) is 9.12. The van der Waals surface area contributed by atoms with Gasteiger partial charge in [0.05, 0.1) is 5.92 Å². The summed E-state index contributed by atoms with van der Waals surface area (Å²) in [6, 6.07) is 23.0. The second kappa shape index (κ2) is 9.35. The van der Waals surface area contributed by atoms with E-state index < -0.39 is 5.97 Å². The number of thiophene rings is 1. The van der Waals surface area contributed by atoms with Crippen LogP contribution in [0.15, 0.2) is 72.1 Å². The van der Waals surface area contributed by atoms with Crippen LogP contribution in [0.3, 0.4) is 0 Å². The topological polar surface area (TPSA) is 37.3 Å². The highest BCUT2D eigenvalue weighted by atomic mass is 32.1. The van der Waals surface area contributed by atoms with E-state index in [2.05, 4.69) is 53.9 Å². The molecular weight excluding hydrogens is 340 g/mol. The molecule has 134 valence electrons. The number of rotatable bonds is 9. The van der Waals surface area contributed by atoms with Crippen LogP contribution in [0.1, 0.15) is 30.4 Å². The van der Waals surface area contributed by atoms with Crippen molar-refractivity contribution >= 4 is 17.3 Å². The van der Waals surface area contributed by atoms with Crippen LogP contribution in [0.25, 0.3) is 10.4 Å². The summed E-state index contributed by atoms with van der Waals surface area (Å²) in [4.78, 5) is 12.8. The Balaban J connectivity index is 1.49. The molecule has 0 saturated carbocycles. The largest absolute Gasteiger partial charge is 0.481 e. The molecule has 2 nitrogen and oxygen atoms in total. The third-order valence-corrected chi connectivity index (χ3v) is 5.67. The second-order valence-corrected chi connectivity index (χ2v) is 7.57. The molecule has 0 radical (unpaired) electrons. The Morgan fingerprint density at radius 1 is 0.846 bits per heavy atom. The molecule has 0 aliphatic heterocycles. The minimum absolute atomic E-state index is 0.268. The van der Waals surface area contributed by atoms with Gasteiger partial charge in [-0.3, -0.25) is 4.79 Å². The quantitative estimate of drug-likeness (QED) is 0.500. The van der Waals surface area contributed by atoms with Crippen molar-refractivity contribution in [2.75, 3.05) is 0 Å². The molecule has 0 fully saturated rings. The number of carbonyl (C=O) groups is 1. The van der Waals surface area contributed by atoms with Gasteiger partial charge in [0, 0.05) is 4.88 Å². The van der Waals surface area contributed by atoms with Gasteiger partial charge in [-0.1, -0.05) is 60.7 Å². The summed E-state index contributed by atoms with van der Waals surface area (Å²) in [6.07, 6.45) is 4.10. The molecule has 1 N–H and O–H groups in total. The van der Waals surface area contributed by atoms with Gasteiger partial charge in [-0.2, -0.15) is 0 Å². The predicted molar refractivity (Wildman–Crippen MR) is 109 cm³/mol. The van der Waals surface area contributed by atoms with Crippen LogP contribution in [0.2, 0.25) is 0 Å². The summed E-state index contributed by atoms with van der Waals surface area (Å²) >= 11 is 1.73. The maximum absolute atomic E-state index is 11.6. The van der Waals surface area contributed by atoms with E-state index in [1.54, 1.807) is 11.3 Å². The molecule has 3 heteroatoms. The fourth-order valence-electron chi connectivity index (χ4n) is 3.21. The van der Waals surface area contributed by atoms with E-state index in [0.717, 1.165) is 25.7 Å². The lowest BCUT2D eigenvalue weighted by Gasteiger charge is -2.12. The maximum atomic E-state index is 11.6. The first-order chi connectivity index (χ1) is 12.7. The lowest BCUT2D eigenvalue weighted by Crippen LogP contribution is -2.15. The first kappa shape index (κ1) is 18.4. The summed E-state index contributed by atoms with van der Waals surface area (Å²) in [5, 5.41) is 11.6. The van der Waals surface area contributed by atoms with Crippen LogP contribution in [0, 0.1) is 5.92 Å². The Kier molecular flexibility index (Phi) is 6.62. The van der Waals surface area contributed by atoms with Gasteiger partial charge in [0.15, 0.2) is 0 Å². The molecule has 3 aromatic rings. The number of aryl methyl sites for hydroxylation is 2. The lowest BCUT2D eigenvalue weighted by atomic mass is 9.93. The van der Waals surface area contributed by atoms with Crippen LogP contribution in [-0.2, 0) is 17.6 Å². The van der Waals surface area contributed by atoms with Crippen LogP contribution < -0.4 is 0 Å².